The highest BCUT2D eigenvalue weighted by molar-refractivity contribution is 9.10. The molecule has 104 valence electrons. The third-order valence-corrected chi connectivity index (χ3v) is 3.97. The maximum Gasteiger partial charge on any atom is 0.326 e. The minimum Gasteiger partial charge on any atom is -0.480 e. The Morgan fingerprint density at radius 3 is 2.37 bits per heavy atom. The highest BCUT2D eigenvalue weighted by Gasteiger charge is 2.23. The predicted molar refractivity (Wildman–Crippen MR) is 79.3 cm³/mol. The molecule has 1 rings (SSSR count). The van der Waals surface area contributed by atoms with Crippen LogP contribution in [0.3, 0.4) is 0 Å². The Bertz CT molecular complexity index is 448. The van der Waals surface area contributed by atoms with Crippen LogP contribution in [0, 0.1) is 5.92 Å². The van der Waals surface area contributed by atoms with Crippen LogP contribution in [0.2, 0.25) is 0 Å². The van der Waals surface area contributed by atoms with E-state index in [9.17, 15) is 9.59 Å². The summed E-state index contributed by atoms with van der Waals surface area (Å²) in [5.41, 5.74) is 0. The lowest BCUT2D eigenvalue weighted by atomic mass is 10.1. The number of carboxylic acid groups (broad SMARTS) is 1. The van der Waals surface area contributed by atoms with Gasteiger partial charge in [0.05, 0.1) is 5.75 Å². The molecule has 0 radical (unpaired) electrons. The first-order chi connectivity index (χ1) is 8.90. The molecule has 0 saturated heterocycles. The molecule has 0 bridgehead atoms. The molecule has 0 unspecified atom stereocenters. The van der Waals surface area contributed by atoms with Crippen molar-refractivity contribution >= 4 is 39.6 Å². The summed E-state index contributed by atoms with van der Waals surface area (Å²) in [6.45, 7) is 3.53. The molecule has 0 aliphatic heterocycles. The fourth-order valence-electron chi connectivity index (χ4n) is 1.41. The second-order valence-corrected chi connectivity index (χ2v) is 6.33. The molecule has 2 N–H and O–H groups in total. The maximum atomic E-state index is 11.7. The van der Waals surface area contributed by atoms with E-state index in [1.807, 2.05) is 24.3 Å². The lowest BCUT2D eigenvalue weighted by Gasteiger charge is -2.17. The first-order valence-corrected chi connectivity index (χ1v) is 7.58. The Hall–Kier alpha value is -1.01. The molecule has 0 aliphatic carbocycles. The molecule has 4 nitrogen and oxygen atoms in total. The molecule has 0 aliphatic rings. The number of halogens is 1. The van der Waals surface area contributed by atoms with Crippen molar-refractivity contribution in [2.75, 3.05) is 5.75 Å². The van der Waals surface area contributed by atoms with Gasteiger partial charge in [0.25, 0.3) is 0 Å². The summed E-state index contributed by atoms with van der Waals surface area (Å²) in [6, 6.07) is 6.76. The Kier molecular flexibility index (Phi) is 6.37. The van der Waals surface area contributed by atoms with E-state index in [1.165, 1.54) is 11.8 Å². The molecule has 0 heterocycles. The first kappa shape index (κ1) is 16.0. The van der Waals surface area contributed by atoms with Crippen molar-refractivity contribution in [3.05, 3.63) is 28.7 Å². The van der Waals surface area contributed by atoms with Crippen LogP contribution in [0.1, 0.15) is 13.8 Å². The van der Waals surface area contributed by atoms with Crippen molar-refractivity contribution in [1.29, 1.82) is 0 Å². The largest absolute Gasteiger partial charge is 0.480 e. The second-order valence-electron chi connectivity index (χ2n) is 4.37. The highest BCUT2D eigenvalue weighted by atomic mass is 79.9. The van der Waals surface area contributed by atoms with Crippen molar-refractivity contribution in [3.8, 4) is 0 Å². The van der Waals surface area contributed by atoms with Gasteiger partial charge in [-0.05, 0) is 30.2 Å². The third kappa shape index (κ3) is 5.65. The zero-order chi connectivity index (χ0) is 14.4. The summed E-state index contributed by atoms with van der Waals surface area (Å²) >= 11 is 4.71. The van der Waals surface area contributed by atoms with Crippen LogP contribution in [0.4, 0.5) is 0 Å². The Morgan fingerprint density at radius 1 is 1.32 bits per heavy atom. The summed E-state index contributed by atoms with van der Waals surface area (Å²) < 4.78 is 0.979. The molecule has 19 heavy (non-hydrogen) atoms. The third-order valence-electron chi connectivity index (χ3n) is 2.43. The summed E-state index contributed by atoms with van der Waals surface area (Å²) in [5, 5.41) is 11.5. The van der Waals surface area contributed by atoms with Crippen LogP contribution >= 0.6 is 27.7 Å². The van der Waals surface area contributed by atoms with E-state index in [2.05, 4.69) is 21.2 Å². The Balaban J connectivity index is 2.47. The van der Waals surface area contributed by atoms with Gasteiger partial charge in [-0.3, -0.25) is 4.79 Å². The van der Waals surface area contributed by atoms with Crippen LogP contribution in [0.5, 0.6) is 0 Å². The molecule has 1 aromatic carbocycles. The summed E-state index contributed by atoms with van der Waals surface area (Å²) in [4.78, 5) is 23.6. The molecule has 0 saturated carbocycles. The number of carbonyl (C=O) groups is 2. The molecule has 0 aromatic heterocycles. The van der Waals surface area contributed by atoms with Crippen molar-refractivity contribution in [1.82, 2.24) is 5.32 Å². The topological polar surface area (TPSA) is 66.4 Å². The lowest BCUT2D eigenvalue weighted by Crippen LogP contribution is -2.45. The number of benzene rings is 1. The van der Waals surface area contributed by atoms with Gasteiger partial charge in [0, 0.05) is 9.37 Å². The maximum absolute atomic E-state index is 11.7. The minimum atomic E-state index is -1.00. The van der Waals surface area contributed by atoms with Crippen molar-refractivity contribution in [3.63, 3.8) is 0 Å². The van der Waals surface area contributed by atoms with E-state index in [4.69, 9.17) is 5.11 Å². The van der Waals surface area contributed by atoms with E-state index in [-0.39, 0.29) is 17.6 Å². The normalized spacial score (nSPS) is 12.2. The number of hydrogen-bond acceptors (Lipinski definition) is 3. The van der Waals surface area contributed by atoms with Crippen LogP contribution in [-0.4, -0.2) is 28.8 Å². The number of hydrogen-bond donors (Lipinski definition) is 2. The second kappa shape index (κ2) is 7.55. The van der Waals surface area contributed by atoms with Gasteiger partial charge in [-0.25, -0.2) is 4.79 Å². The number of amides is 1. The van der Waals surface area contributed by atoms with Gasteiger partial charge in [0.1, 0.15) is 6.04 Å². The van der Waals surface area contributed by atoms with Gasteiger partial charge in [0.15, 0.2) is 0 Å². The highest BCUT2D eigenvalue weighted by Crippen LogP contribution is 2.20. The van der Waals surface area contributed by atoms with Crippen molar-refractivity contribution in [2.24, 2.45) is 5.92 Å². The Morgan fingerprint density at radius 2 is 1.89 bits per heavy atom. The number of rotatable bonds is 6. The zero-order valence-electron chi connectivity index (χ0n) is 10.7. The molecular formula is C13H16BrNO3S. The fraction of sp³-hybridized carbons (Fsp3) is 0.385. The van der Waals surface area contributed by atoms with E-state index < -0.39 is 12.0 Å². The summed E-state index contributed by atoms with van der Waals surface area (Å²) in [6.07, 6.45) is 0. The van der Waals surface area contributed by atoms with Crippen molar-refractivity contribution < 1.29 is 14.7 Å². The minimum absolute atomic E-state index is 0.140. The number of carboxylic acids is 1. The van der Waals surface area contributed by atoms with Gasteiger partial charge < -0.3 is 10.4 Å². The van der Waals surface area contributed by atoms with E-state index in [1.54, 1.807) is 13.8 Å². The average molecular weight is 346 g/mol. The molecule has 6 heteroatoms. The summed E-state index contributed by atoms with van der Waals surface area (Å²) in [7, 11) is 0. The standard InChI is InChI=1S/C13H16BrNO3S/c1-8(2)12(13(17)18)15-11(16)7-19-10-5-3-9(14)4-6-10/h3-6,8,12H,7H2,1-2H3,(H,15,16)(H,17,18)/t12-/m0/s1. The average Bonchev–Trinajstić information content (AvgIpc) is 2.34. The molecule has 1 atom stereocenters. The lowest BCUT2D eigenvalue weighted by molar-refractivity contribution is -0.142. The number of thioether (sulfide) groups is 1. The summed E-state index contributed by atoms with van der Waals surface area (Å²) in [5.74, 6) is -1.21. The SMILES string of the molecule is CC(C)[C@H](NC(=O)CSc1ccc(Br)cc1)C(=O)O. The van der Waals surface area contributed by atoms with E-state index in [0.717, 1.165) is 9.37 Å². The first-order valence-electron chi connectivity index (χ1n) is 5.80. The predicted octanol–water partition coefficient (Wildman–Crippen LogP) is 2.77. The van der Waals surface area contributed by atoms with Crippen LogP contribution in [-0.2, 0) is 9.59 Å². The van der Waals surface area contributed by atoms with Crippen LogP contribution < -0.4 is 5.32 Å². The molecule has 1 amide bonds. The number of carbonyl (C=O) groups excluding carboxylic acids is 1. The van der Waals surface area contributed by atoms with Gasteiger partial charge >= 0.3 is 5.97 Å². The van der Waals surface area contributed by atoms with Crippen LogP contribution in [0.15, 0.2) is 33.6 Å². The quantitative estimate of drug-likeness (QED) is 0.778. The zero-order valence-corrected chi connectivity index (χ0v) is 13.1. The van der Waals surface area contributed by atoms with Gasteiger partial charge in [-0.15, -0.1) is 11.8 Å². The molecular weight excluding hydrogens is 330 g/mol. The Labute approximate surface area is 125 Å². The number of aliphatic carboxylic acids is 1. The smallest absolute Gasteiger partial charge is 0.326 e. The number of nitrogens with one attached hydrogen (secondary N) is 1. The molecule has 0 spiro atoms. The van der Waals surface area contributed by atoms with E-state index in [0.29, 0.717) is 0 Å². The monoisotopic (exact) mass is 345 g/mol. The van der Waals surface area contributed by atoms with Crippen molar-refractivity contribution in [2.45, 2.75) is 24.8 Å². The van der Waals surface area contributed by atoms with Gasteiger partial charge in [-0.1, -0.05) is 29.8 Å². The molecule has 1 aromatic rings. The van der Waals surface area contributed by atoms with Crippen LogP contribution in [0.25, 0.3) is 0 Å². The molecule has 0 fully saturated rings. The van der Waals surface area contributed by atoms with Gasteiger partial charge in [-0.2, -0.15) is 0 Å². The fourth-order valence-corrected chi connectivity index (χ4v) is 2.38. The van der Waals surface area contributed by atoms with Gasteiger partial charge in [0.2, 0.25) is 5.91 Å². The van der Waals surface area contributed by atoms with E-state index >= 15 is 0 Å².